The molecule has 1 atom stereocenters. The lowest BCUT2D eigenvalue weighted by atomic mass is 10.1. The number of hydrogen-bond acceptors (Lipinski definition) is 6. The number of halogens is 1. The molecule has 0 unspecified atom stereocenters. The average molecular weight is 470 g/mol. The number of amides is 1. The van der Waals surface area contributed by atoms with Gasteiger partial charge in [0.2, 0.25) is 6.23 Å². The van der Waals surface area contributed by atoms with Gasteiger partial charge < -0.3 is 15.4 Å². The fourth-order valence-corrected chi connectivity index (χ4v) is 3.33. The van der Waals surface area contributed by atoms with E-state index >= 15 is 0 Å². The fraction of sp³-hybridized carbons (Fsp3) is 0.174. The maximum atomic E-state index is 13.0. The van der Waals surface area contributed by atoms with Crippen LogP contribution in [-0.2, 0) is 16.1 Å². The molecule has 5 N–H and O–H groups in total. The Labute approximate surface area is 195 Å². The number of para-hydroxylation sites is 1. The van der Waals surface area contributed by atoms with Crippen LogP contribution in [0.15, 0.2) is 71.7 Å². The van der Waals surface area contributed by atoms with Crippen LogP contribution in [0.5, 0.6) is 0 Å². The molecule has 172 valence electrons. The lowest BCUT2D eigenvalue weighted by Crippen LogP contribution is -2.38. The smallest absolute Gasteiger partial charge is 0.276 e. The third kappa shape index (κ3) is 5.98. The molecule has 2 aromatic carbocycles. The summed E-state index contributed by atoms with van der Waals surface area (Å²) < 4.78 is 6.81. The molecular weight excluding hydrogens is 446 g/mol. The number of rotatable bonds is 9. The van der Waals surface area contributed by atoms with E-state index in [1.165, 1.54) is 16.8 Å². The molecule has 10 heteroatoms. The van der Waals surface area contributed by atoms with Crippen molar-refractivity contribution in [2.24, 2.45) is 0 Å². The third-order valence-electron chi connectivity index (χ3n) is 4.74. The van der Waals surface area contributed by atoms with Crippen molar-refractivity contribution >= 4 is 34.7 Å². The summed E-state index contributed by atoms with van der Waals surface area (Å²) >= 11 is 6.24. The van der Waals surface area contributed by atoms with Gasteiger partial charge in [-0.1, -0.05) is 41.9 Å². The van der Waals surface area contributed by atoms with Crippen molar-refractivity contribution in [1.82, 2.24) is 15.4 Å². The Bertz CT molecular complexity index is 1180. The van der Waals surface area contributed by atoms with Crippen LogP contribution in [0.25, 0.3) is 0 Å². The highest BCUT2D eigenvalue weighted by Crippen LogP contribution is 2.19. The molecule has 0 aliphatic carbocycles. The molecule has 1 aromatic heterocycles. The highest BCUT2D eigenvalue weighted by atomic mass is 35.5. The Kier molecular flexibility index (Phi) is 8.20. The number of nitrogens with one attached hydrogen (secondary N) is 4. The molecule has 0 saturated heterocycles. The average Bonchev–Trinajstić information content (AvgIpc) is 2.83. The molecule has 1 amide bonds. The van der Waals surface area contributed by atoms with Gasteiger partial charge >= 0.3 is 0 Å². The van der Waals surface area contributed by atoms with E-state index in [9.17, 15) is 9.59 Å². The molecule has 3 aromatic rings. The second kappa shape index (κ2) is 11.3. The number of amidine groups is 1. The molecule has 3 rings (SSSR count). The van der Waals surface area contributed by atoms with Crippen LogP contribution in [-0.4, -0.2) is 28.1 Å². The first-order chi connectivity index (χ1) is 15.9. The fourth-order valence-electron chi connectivity index (χ4n) is 3.09. The topological polar surface area (TPSA) is 128 Å². The zero-order valence-corrected chi connectivity index (χ0v) is 18.6. The van der Waals surface area contributed by atoms with E-state index in [-0.39, 0.29) is 19.0 Å². The van der Waals surface area contributed by atoms with Crippen molar-refractivity contribution in [2.75, 3.05) is 11.9 Å². The number of ether oxygens (including phenoxy) is 1. The highest BCUT2D eigenvalue weighted by molar-refractivity contribution is 6.31. The van der Waals surface area contributed by atoms with Crippen LogP contribution in [0.2, 0.25) is 5.02 Å². The van der Waals surface area contributed by atoms with Crippen molar-refractivity contribution < 1.29 is 14.7 Å². The minimum Gasteiger partial charge on any atom is -0.351 e. The first-order valence-corrected chi connectivity index (χ1v) is 10.5. The van der Waals surface area contributed by atoms with Gasteiger partial charge in [0.15, 0.2) is 0 Å². The lowest BCUT2D eigenvalue weighted by Gasteiger charge is -2.20. The monoisotopic (exact) mass is 469 g/mol. The zero-order valence-electron chi connectivity index (χ0n) is 17.8. The van der Waals surface area contributed by atoms with Crippen LogP contribution < -0.4 is 21.7 Å². The molecule has 0 radical (unpaired) electrons. The maximum Gasteiger partial charge on any atom is 0.276 e. The predicted octanol–water partition coefficient (Wildman–Crippen LogP) is 3.40. The van der Waals surface area contributed by atoms with Gasteiger partial charge in [-0.15, -0.1) is 0 Å². The molecule has 0 aliphatic heterocycles. The van der Waals surface area contributed by atoms with Crippen LogP contribution in [0, 0.1) is 5.41 Å². The van der Waals surface area contributed by atoms with Gasteiger partial charge in [-0.05, 0) is 42.8 Å². The zero-order chi connectivity index (χ0) is 23.8. The van der Waals surface area contributed by atoms with Crippen molar-refractivity contribution in [3.05, 3.63) is 93.4 Å². The maximum absolute atomic E-state index is 13.0. The first-order valence-electron chi connectivity index (χ1n) is 10.1. The van der Waals surface area contributed by atoms with Gasteiger partial charge in [0.1, 0.15) is 11.5 Å². The SMILES string of the molecule is CCO[C@@H](C(=O)NCc1ccc(C(=N)NO)cc1Cl)n1cccc(Nc2ccccc2)c1=O. The number of hydrogen-bond donors (Lipinski definition) is 5. The molecular formula is C23H24ClN5O4. The Balaban J connectivity index is 1.77. The Morgan fingerprint density at radius 1 is 1.18 bits per heavy atom. The summed E-state index contributed by atoms with van der Waals surface area (Å²) in [5.74, 6) is -0.715. The second-order valence-corrected chi connectivity index (χ2v) is 7.35. The van der Waals surface area contributed by atoms with Crippen LogP contribution in [0.3, 0.4) is 0 Å². The number of anilines is 2. The predicted molar refractivity (Wildman–Crippen MR) is 126 cm³/mol. The van der Waals surface area contributed by atoms with E-state index < -0.39 is 17.7 Å². The molecule has 0 saturated carbocycles. The Morgan fingerprint density at radius 3 is 2.61 bits per heavy atom. The van der Waals surface area contributed by atoms with Crippen molar-refractivity contribution in [3.8, 4) is 0 Å². The quantitative estimate of drug-likeness (QED) is 0.185. The van der Waals surface area contributed by atoms with Crippen LogP contribution >= 0.6 is 11.6 Å². The number of hydroxylamine groups is 1. The molecule has 0 aliphatic rings. The number of pyridine rings is 1. The number of aromatic nitrogens is 1. The Morgan fingerprint density at radius 2 is 1.94 bits per heavy atom. The highest BCUT2D eigenvalue weighted by Gasteiger charge is 2.23. The summed E-state index contributed by atoms with van der Waals surface area (Å²) in [5.41, 5.74) is 3.38. The number of nitrogens with zero attached hydrogens (tertiary/aromatic N) is 1. The third-order valence-corrected chi connectivity index (χ3v) is 5.09. The second-order valence-electron chi connectivity index (χ2n) is 6.94. The molecule has 1 heterocycles. The summed E-state index contributed by atoms with van der Waals surface area (Å²) in [6.45, 7) is 2.03. The van der Waals surface area contributed by atoms with Crippen LogP contribution in [0.1, 0.15) is 24.3 Å². The van der Waals surface area contributed by atoms with Gasteiger partial charge in [-0.25, -0.2) is 0 Å². The number of carbonyl (C=O) groups is 1. The van der Waals surface area contributed by atoms with Gasteiger partial charge in [-0.2, -0.15) is 0 Å². The van der Waals surface area contributed by atoms with Gasteiger partial charge in [-0.3, -0.25) is 30.3 Å². The largest absolute Gasteiger partial charge is 0.351 e. The van der Waals surface area contributed by atoms with E-state index in [1.54, 1.807) is 36.7 Å². The summed E-state index contributed by atoms with van der Waals surface area (Å²) in [5, 5.41) is 22.5. The van der Waals surface area contributed by atoms with Crippen molar-refractivity contribution in [3.63, 3.8) is 0 Å². The number of carbonyl (C=O) groups excluding carboxylic acids is 1. The van der Waals surface area contributed by atoms with Crippen LogP contribution in [0.4, 0.5) is 11.4 Å². The lowest BCUT2D eigenvalue weighted by molar-refractivity contribution is -0.139. The summed E-state index contributed by atoms with van der Waals surface area (Å²) in [4.78, 5) is 26.0. The summed E-state index contributed by atoms with van der Waals surface area (Å²) in [6, 6.07) is 17.2. The Hall–Kier alpha value is -3.66. The van der Waals surface area contributed by atoms with E-state index in [4.69, 9.17) is 27.0 Å². The van der Waals surface area contributed by atoms with Crippen molar-refractivity contribution in [1.29, 1.82) is 5.41 Å². The molecule has 0 bridgehead atoms. The van der Waals surface area contributed by atoms with Gasteiger partial charge in [0.05, 0.1) is 0 Å². The van der Waals surface area contributed by atoms with Crippen molar-refractivity contribution in [2.45, 2.75) is 19.7 Å². The standard InChI is InChI=1S/C23H24ClN5O4/c1-2-33-23(21(30)26-14-16-11-10-15(13-18(16)24)20(25)28-32)29-12-6-9-19(22(29)31)27-17-7-4-3-5-8-17/h3-13,23,27,32H,2,14H2,1H3,(H2,25,28)(H,26,30)/t23-/m0/s1. The minimum absolute atomic E-state index is 0.0815. The molecule has 9 nitrogen and oxygen atoms in total. The minimum atomic E-state index is -1.18. The van der Waals surface area contributed by atoms with Gasteiger partial charge in [0.25, 0.3) is 11.5 Å². The summed E-state index contributed by atoms with van der Waals surface area (Å²) in [6.07, 6.45) is 0.318. The molecule has 0 fully saturated rings. The normalized spacial score (nSPS) is 11.5. The van der Waals surface area contributed by atoms with Gasteiger partial charge in [0, 0.05) is 35.6 Å². The first kappa shape index (κ1) is 24.0. The van der Waals surface area contributed by atoms with E-state index in [2.05, 4.69) is 10.6 Å². The van der Waals surface area contributed by atoms with E-state index in [0.29, 0.717) is 21.8 Å². The molecule has 33 heavy (non-hydrogen) atoms. The van der Waals surface area contributed by atoms with E-state index in [0.717, 1.165) is 5.69 Å². The molecule has 0 spiro atoms. The number of benzene rings is 2. The summed E-state index contributed by atoms with van der Waals surface area (Å²) in [7, 11) is 0. The van der Waals surface area contributed by atoms with E-state index in [1.807, 2.05) is 30.3 Å².